The first-order valence-electron chi connectivity index (χ1n) is 8.49. The summed E-state index contributed by atoms with van der Waals surface area (Å²) in [6, 6.07) is 19.5. The third-order valence-electron chi connectivity index (χ3n) is 4.66. The molecule has 0 radical (unpaired) electrons. The van der Waals surface area contributed by atoms with Gasteiger partial charge in [-0.2, -0.15) is 5.26 Å². The maximum atomic E-state index is 12.5. The van der Waals surface area contributed by atoms with E-state index in [-0.39, 0.29) is 17.8 Å². The van der Waals surface area contributed by atoms with Crippen LogP contribution in [0.2, 0.25) is 0 Å². The molecule has 0 spiro atoms. The topological polar surface area (TPSA) is 63.0 Å². The zero-order valence-electron chi connectivity index (χ0n) is 14.2. The number of hydrogen-bond acceptors (Lipinski definition) is 5. The summed E-state index contributed by atoms with van der Waals surface area (Å²) < 4.78 is 5.54. The Morgan fingerprint density at radius 2 is 1.88 bits per heavy atom. The lowest BCUT2D eigenvalue weighted by Gasteiger charge is -2.28. The number of carbonyl (C=O) groups is 1. The SMILES string of the molecule is CC[C@H]1C(=O)Oc2nc(-c3ccccc3)sc2[C@H]1c1ccc(C#N)cc1. The molecule has 0 unspecified atom stereocenters. The maximum Gasteiger partial charge on any atom is 0.316 e. The van der Waals surface area contributed by atoms with Crippen molar-refractivity contribution in [1.29, 1.82) is 5.26 Å². The first-order valence-corrected chi connectivity index (χ1v) is 9.30. The molecule has 2 atom stereocenters. The van der Waals surface area contributed by atoms with Gasteiger partial charge in [0.1, 0.15) is 5.01 Å². The Morgan fingerprint density at radius 3 is 2.54 bits per heavy atom. The monoisotopic (exact) mass is 360 g/mol. The van der Waals surface area contributed by atoms with Gasteiger partial charge in [0.05, 0.1) is 22.4 Å². The lowest BCUT2D eigenvalue weighted by atomic mass is 9.82. The highest BCUT2D eigenvalue weighted by Crippen LogP contribution is 2.47. The quantitative estimate of drug-likeness (QED) is 0.632. The molecule has 3 aromatic rings. The van der Waals surface area contributed by atoms with Crippen molar-refractivity contribution in [3.63, 3.8) is 0 Å². The molecule has 5 heteroatoms. The molecule has 0 saturated heterocycles. The van der Waals surface area contributed by atoms with E-state index < -0.39 is 0 Å². The molecule has 0 aliphatic carbocycles. The van der Waals surface area contributed by atoms with Gasteiger partial charge in [-0.25, -0.2) is 4.98 Å². The maximum absolute atomic E-state index is 12.5. The third kappa shape index (κ3) is 2.79. The summed E-state index contributed by atoms with van der Waals surface area (Å²) in [6.07, 6.45) is 0.682. The van der Waals surface area contributed by atoms with Gasteiger partial charge in [-0.05, 0) is 24.1 Å². The summed E-state index contributed by atoms with van der Waals surface area (Å²) >= 11 is 1.57. The van der Waals surface area contributed by atoms with Crippen LogP contribution in [-0.4, -0.2) is 11.0 Å². The van der Waals surface area contributed by atoms with Crippen molar-refractivity contribution >= 4 is 17.3 Å². The second-order valence-electron chi connectivity index (χ2n) is 6.20. The molecule has 26 heavy (non-hydrogen) atoms. The molecule has 4 rings (SSSR count). The van der Waals surface area contributed by atoms with E-state index in [1.807, 2.05) is 49.4 Å². The highest BCUT2D eigenvalue weighted by molar-refractivity contribution is 7.15. The van der Waals surface area contributed by atoms with E-state index in [0.717, 1.165) is 21.0 Å². The van der Waals surface area contributed by atoms with Crippen LogP contribution in [0, 0.1) is 17.2 Å². The fourth-order valence-electron chi connectivity index (χ4n) is 3.33. The van der Waals surface area contributed by atoms with Crippen LogP contribution < -0.4 is 4.74 Å². The second-order valence-corrected chi connectivity index (χ2v) is 7.23. The minimum Gasteiger partial charge on any atom is -0.406 e. The predicted molar refractivity (Wildman–Crippen MR) is 100.0 cm³/mol. The summed E-state index contributed by atoms with van der Waals surface area (Å²) in [5.74, 6) is -0.171. The Balaban J connectivity index is 1.83. The van der Waals surface area contributed by atoms with Crippen LogP contribution in [0.15, 0.2) is 54.6 Å². The molecule has 128 valence electrons. The van der Waals surface area contributed by atoms with Crippen molar-refractivity contribution in [2.45, 2.75) is 19.3 Å². The minimum atomic E-state index is -0.250. The molecule has 0 bridgehead atoms. The average Bonchev–Trinajstić information content (AvgIpc) is 3.11. The van der Waals surface area contributed by atoms with Crippen LogP contribution >= 0.6 is 11.3 Å². The smallest absolute Gasteiger partial charge is 0.316 e. The molecule has 4 nitrogen and oxygen atoms in total. The highest BCUT2D eigenvalue weighted by Gasteiger charge is 2.40. The molecule has 0 N–H and O–H groups in total. The van der Waals surface area contributed by atoms with Gasteiger partial charge >= 0.3 is 5.97 Å². The number of ether oxygens (including phenoxy) is 1. The van der Waals surface area contributed by atoms with Crippen molar-refractivity contribution < 1.29 is 9.53 Å². The minimum absolute atomic E-state index is 0.0982. The van der Waals surface area contributed by atoms with Crippen LogP contribution in [0.5, 0.6) is 5.88 Å². The zero-order chi connectivity index (χ0) is 18.1. The predicted octanol–water partition coefficient (Wildman–Crippen LogP) is 4.76. The number of benzene rings is 2. The van der Waals surface area contributed by atoms with E-state index in [4.69, 9.17) is 10.00 Å². The van der Waals surface area contributed by atoms with E-state index in [2.05, 4.69) is 11.1 Å². The van der Waals surface area contributed by atoms with Gasteiger partial charge in [-0.15, -0.1) is 11.3 Å². The molecular weight excluding hydrogens is 344 g/mol. The van der Waals surface area contributed by atoms with E-state index in [1.54, 1.807) is 23.5 Å². The fourth-order valence-corrected chi connectivity index (χ4v) is 4.53. The zero-order valence-corrected chi connectivity index (χ0v) is 15.0. The number of nitrogens with zero attached hydrogens (tertiary/aromatic N) is 2. The van der Waals surface area contributed by atoms with Crippen molar-refractivity contribution in [2.24, 2.45) is 5.92 Å². The first kappa shape index (κ1) is 16.5. The van der Waals surface area contributed by atoms with Gasteiger partial charge in [0, 0.05) is 11.5 Å². The van der Waals surface area contributed by atoms with Crippen LogP contribution in [0.3, 0.4) is 0 Å². The first-order chi connectivity index (χ1) is 12.7. The number of hydrogen-bond donors (Lipinski definition) is 0. The lowest BCUT2D eigenvalue weighted by Crippen LogP contribution is -2.31. The van der Waals surface area contributed by atoms with Crippen molar-refractivity contribution in [3.05, 3.63) is 70.6 Å². The molecule has 0 saturated carbocycles. The summed E-state index contributed by atoms with van der Waals surface area (Å²) in [7, 11) is 0. The largest absolute Gasteiger partial charge is 0.406 e. The molecule has 2 heterocycles. The number of nitriles is 1. The summed E-state index contributed by atoms with van der Waals surface area (Å²) in [5.41, 5.74) is 2.63. The van der Waals surface area contributed by atoms with Gasteiger partial charge in [0.2, 0.25) is 5.88 Å². The number of aromatic nitrogens is 1. The van der Waals surface area contributed by atoms with Crippen molar-refractivity contribution in [1.82, 2.24) is 4.98 Å². The summed E-state index contributed by atoms with van der Waals surface area (Å²) in [5, 5.41) is 9.88. The van der Waals surface area contributed by atoms with Crippen molar-refractivity contribution in [3.8, 4) is 22.5 Å². The van der Waals surface area contributed by atoms with Crippen LogP contribution in [0.25, 0.3) is 10.6 Å². The average molecular weight is 360 g/mol. The van der Waals surface area contributed by atoms with Crippen LogP contribution in [0.4, 0.5) is 0 Å². The molecule has 0 fully saturated rings. The number of carbonyl (C=O) groups excluding carboxylic acids is 1. The standard InChI is InChI=1S/C21H16N2O2S/c1-2-16-17(14-10-8-13(12-22)9-11-14)18-19(25-21(16)24)23-20(26-18)15-6-4-3-5-7-15/h3-11,16-17H,2H2,1H3/t16-,17+/m1/s1. The highest BCUT2D eigenvalue weighted by atomic mass is 32.1. The van der Waals surface area contributed by atoms with E-state index >= 15 is 0 Å². The third-order valence-corrected chi connectivity index (χ3v) is 5.83. The van der Waals surface area contributed by atoms with Gasteiger partial charge in [0.15, 0.2) is 0 Å². The Kier molecular flexibility index (Phi) is 4.27. The second kappa shape index (κ2) is 6.74. The Hall–Kier alpha value is -2.97. The van der Waals surface area contributed by atoms with Gasteiger partial charge in [-0.1, -0.05) is 49.4 Å². The Labute approximate surface area is 155 Å². The van der Waals surface area contributed by atoms with E-state index in [9.17, 15) is 4.79 Å². The Bertz CT molecular complexity index is 987. The Morgan fingerprint density at radius 1 is 1.15 bits per heavy atom. The summed E-state index contributed by atoms with van der Waals surface area (Å²) in [6.45, 7) is 1.99. The van der Waals surface area contributed by atoms with Crippen LogP contribution in [0.1, 0.15) is 35.3 Å². The fraction of sp³-hybridized carbons (Fsp3) is 0.190. The molecule has 1 aliphatic rings. The lowest BCUT2D eigenvalue weighted by molar-refractivity contribution is -0.141. The molecular formula is C21H16N2O2S. The molecule has 0 amide bonds. The normalized spacial score (nSPS) is 18.7. The van der Waals surface area contributed by atoms with E-state index in [0.29, 0.717) is 17.9 Å². The van der Waals surface area contributed by atoms with Crippen LogP contribution in [-0.2, 0) is 4.79 Å². The van der Waals surface area contributed by atoms with Gasteiger partial charge in [0.25, 0.3) is 0 Å². The number of esters is 1. The molecule has 1 aromatic heterocycles. The molecule has 1 aliphatic heterocycles. The number of rotatable bonds is 3. The van der Waals surface area contributed by atoms with Crippen molar-refractivity contribution in [2.75, 3.05) is 0 Å². The van der Waals surface area contributed by atoms with E-state index in [1.165, 1.54) is 0 Å². The molecule has 2 aromatic carbocycles. The van der Waals surface area contributed by atoms with Gasteiger partial charge < -0.3 is 4.74 Å². The van der Waals surface area contributed by atoms with Gasteiger partial charge in [-0.3, -0.25) is 4.79 Å². The number of fused-ring (bicyclic) bond motifs is 1. The summed E-state index contributed by atoms with van der Waals surface area (Å²) in [4.78, 5) is 18.1. The number of thiazole rings is 1.